The SMILES string of the molecule is NC(=O)c1cc(Br)ccc1N1CCNCc2ccccc21. The summed E-state index contributed by atoms with van der Waals surface area (Å²) in [4.78, 5) is 13.9. The Bertz CT molecular complexity index is 687. The summed E-state index contributed by atoms with van der Waals surface area (Å²) in [7, 11) is 0. The average Bonchev–Trinajstić information content (AvgIpc) is 2.69. The average molecular weight is 346 g/mol. The number of primary amides is 1. The van der Waals surface area contributed by atoms with E-state index in [1.165, 1.54) is 5.56 Å². The number of nitrogens with one attached hydrogen (secondary N) is 1. The van der Waals surface area contributed by atoms with Gasteiger partial charge in [0.05, 0.1) is 11.3 Å². The number of hydrogen-bond donors (Lipinski definition) is 2. The maximum absolute atomic E-state index is 11.8. The molecule has 0 saturated carbocycles. The molecule has 3 N–H and O–H groups in total. The van der Waals surface area contributed by atoms with Crippen LogP contribution in [0, 0.1) is 0 Å². The summed E-state index contributed by atoms with van der Waals surface area (Å²) in [5.74, 6) is -0.416. The van der Waals surface area contributed by atoms with E-state index in [2.05, 4.69) is 38.3 Å². The molecule has 21 heavy (non-hydrogen) atoms. The van der Waals surface area contributed by atoms with Gasteiger partial charge in [0, 0.05) is 29.8 Å². The minimum Gasteiger partial charge on any atom is -0.366 e. The number of hydrogen-bond acceptors (Lipinski definition) is 3. The van der Waals surface area contributed by atoms with E-state index in [1.54, 1.807) is 6.07 Å². The molecule has 0 saturated heterocycles. The van der Waals surface area contributed by atoms with Crippen molar-refractivity contribution < 1.29 is 4.79 Å². The van der Waals surface area contributed by atoms with Crippen LogP contribution in [-0.2, 0) is 6.54 Å². The number of amides is 1. The third-order valence-corrected chi connectivity index (χ3v) is 4.12. The molecule has 2 aromatic rings. The molecule has 1 heterocycles. The highest BCUT2D eigenvalue weighted by atomic mass is 79.9. The Balaban J connectivity index is 2.14. The maximum Gasteiger partial charge on any atom is 0.250 e. The maximum atomic E-state index is 11.8. The topological polar surface area (TPSA) is 58.4 Å². The number of fused-ring (bicyclic) bond motifs is 1. The van der Waals surface area contributed by atoms with Crippen LogP contribution in [-0.4, -0.2) is 19.0 Å². The van der Waals surface area contributed by atoms with Gasteiger partial charge in [0.15, 0.2) is 0 Å². The van der Waals surface area contributed by atoms with E-state index < -0.39 is 5.91 Å². The number of rotatable bonds is 2. The zero-order valence-electron chi connectivity index (χ0n) is 11.5. The Morgan fingerprint density at radius 2 is 2.00 bits per heavy atom. The summed E-state index contributed by atoms with van der Waals surface area (Å²) in [5.41, 5.74) is 9.26. The largest absolute Gasteiger partial charge is 0.366 e. The van der Waals surface area contributed by atoms with Crippen molar-refractivity contribution in [1.82, 2.24) is 5.32 Å². The first-order valence-corrected chi connectivity index (χ1v) is 7.61. The molecular formula is C16H16BrN3O. The van der Waals surface area contributed by atoms with E-state index in [-0.39, 0.29) is 0 Å². The van der Waals surface area contributed by atoms with Gasteiger partial charge in [-0.25, -0.2) is 0 Å². The highest BCUT2D eigenvalue weighted by molar-refractivity contribution is 9.10. The third kappa shape index (κ3) is 2.80. The van der Waals surface area contributed by atoms with Crippen molar-refractivity contribution in [2.45, 2.75) is 6.54 Å². The van der Waals surface area contributed by atoms with Crippen molar-refractivity contribution in [3.63, 3.8) is 0 Å². The number of anilines is 2. The zero-order valence-corrected chi connectivity index (χ0v) is 13.1. The first-order chi connectivity index (χ1) is 10.2. The lowest BCUT2D eigenvalue weighted by molar-refractivity contribution is 0.100. The number of nitrogens with two attached hydrogens (primary N) is 1. The Labute approximate surface area is 132 Å². The second kappa shape index (κ2) is 5.87. The number of benzene rings is 2. The third-order valence-electron chi connectivity index (χ3n) is 3.62. The van der Waals surface area contributed by atoms with Crippen LogP contribution in [0.15, 0.2) is 46.9 Å². The first kappa shape index (κ1) is 14.1. The van der Waals surface area contributed by atoms with Crippen LogP contribution in [0.2, 0.25) is 0 Å². The van der Waals surface area contributed by atoms with Crippen molar-refractivity contribution in [1.29, 1.82) is 0 Å². The van der Waals surface area contributed by atoms with Crippen LogP contribution in [0.4, 0.5) is 11.4 Å². The van der Waals surface area contributed by atoms with E-state index in [1.807, 2.05) is 24.3 Å². The van der Waals surface area contributed by atoms with Gasteiger partial charge in [-0.1, -0.05) is 34.1 Å². The molecule has 0 radical (unpaired) electrons. The number of para-hydroxylation sites is 1. The molecule has 0 atom stereocenters. The van der Waals surface area contributed by atoms with Gasteiger partial charge in [-0.3, -0.25) is 4.79 Å². The van der Waals surface area contributed by atoms with Crippen molar-refractivity contribution in [3.05, 3.63) is 58.1 Å². The number of carbonyl (C=O) groups excluding carboxylic acids is 1. The van der Waals surface area contributed by atoms with E-state index in [0.717, 1.165) is 35.5 Å². The molecule has 4 nitrogen and oxygen atoms in total. The van der Waals surface area contributed by atoms with Crippen LogP contribution in [0.1, 0.15) is 15.9 Å². The molecule has 0 unspecified atom stereocenters. The second-order valence-corrected chi connectivity index (χ2v) is 5.90. The Morgan fingerprint density at radius 3 is 2.81 bits per heavy atom. The predicted molar refractivity (Wildman–Crippen MR) is 87.8 cm³/mol. The molecule has 0 aromatic heterocycles. The van der Waals surface area contributed by atoms with Crippen molar-refractivity contribution in [2.24, 2.45) is 5.73 Å². The lowest BCUT2D eigenvalue weighted by Gasteiger charge is -2.26. The summed E-state index contributed by atoms with van der Waals surface area (Å²) < 4.78 is 0.848. The first-order valence-electron chi connectivity index (χ1n) is 6.82. The fourth-order valence-corrected chi connectivity index (χ4v) is 3.01. The predicted octanol–water partition coefficient (Wildman–Crippen LogP) is 2.79. The van der Waals surface area contributed by atoms with Crippen LogP contribution in [0.5, 0.6) is 0 Å². The lowest BCUT2D eigenvalue weighted by Crippen LogP contribution is -2.27. The van der Waals surface area contributed by atoms with Gasteiger partial charge in [0.25, 0.3) is 5.91 Å². The summed E-state index contributed by atoms with van der Waals surface area (Å²) in [6.07, 6.45) is 0. The van der Waals surface area contributed by atoms with Gasteiger partial charge in [-0.05, 0) is 29.8 Å². The van der Waals surface area contributed by atoms with Gasteiger partial charge in [-0.15, -0.1) is 0 Å². The van der Waals surface area contributed by atoms with Gasteiger partial charge in [0.1, 0.15) is 0 Å². The minimum atomic E-state index is -0.416. The number of carbonyl (C=O) groups is 1. The molecule has 0 aliphatic carbocycles. The molecule has 2 aromatic carbocycles. The van der Waals surface area contributed by atoms with Crippen LogP contribution in [0.3, 0.4) is 0 Å². The second-order valence-electron chi connectivity index (χ2n) is 4.98. The van der Waals surface area contributed by atoms with E-state index in [4.69, 9.17) is 5.73 Å². The van der Waals surface area contributed by atoms with Crippen LogP contribution in [0.25, 0.3) is 0 Å². The van der Waals surface area contributed by atoms with E-state index >= 15 is 0 Å². The summed E-state index contributed by atoms with van der Waals surface area (Å²) in [6.45, 7) is 2.47. The van der Waals surface area contributed by atoms with Crippen LogP contribution < -0.4 is 16.0 Å². The van der Waals surface area contributed by atoms with Gasteiger partial charge in [-0.2, -0.15) is 0 Å². The smallest absolute Gasteiger partial charge is 0.250 e. The zero-order chi connectivity index (χ0) is 14.8. The van der Waals surface area contributed by atoms with E-state index in [9.17, 15) is 4.79 Å². The van der Waals surface area contributed by atoms with E-state index in [0.29, 0.717) is 5.56 Å². The Morgan fingerprint density at radius 1 is 1.19 bits per heavy atom. The van der Waals surface area contributed by atoms with Crippen molar-refractivity contribution >= 4 is 33.2 Å². The molecule has 0 spiro atoms. The minimum absolute atomic E-state index is 0.416. The number of nitrogens with zero attached hydrogens (tertiary/aromatic N) is 1. The van der Waals surface area contributed by atoms with Crippen molar-refractivity contribution in [2.75, 3.05) is 18.0 Å². The summed E-state index contributed by atoms with van der Waals surface area (Å²) in [5, 5.41) is 3.40. The normalized spacial score (nSPS) is 14.4. The fourth-order valence-electron chi connectivity index (χ4n) is 2.65. The number of halogens is 1. The standard InChI is InChI=1S/C16H16BrN3O/c17-12-5-6-15(13(9-12)16(18)21)20-8-7-19-10-11-3-1-2-4-14(11)20/h1-6,9,19H,7-8,10H2,(H2,18,21). The molecule has 5 heteroatoms. The molecule has 0 fully saturated rings. The Hall–Kier alpha value is -1.85. The molecule has 1 amide bonds. The molecule has 3 rings (SSSR count). The summed E-state index contributed by atoms with van der Waals surface area (Å²) in [6, 6.07) is 13.9. The quantitative estimate of drug-likeness (QED) is 0.879. The van der Waals surface area contributed by atoms with Crippen LogP contribution >= 0.6 is 15.9 Å². The fraction of sp³-hybridized carbons (Fsp3) is 0.188. The summed E-state index contributed by atoms with van der Waals surface area (Å²) >= 11 is 3.40. The van der Waals surface area contributed by atoms with Gasteiger partial charge >= 0.3 is 0 Å². The molecule has 1 aliphatic rings. The molecule has 0 bridgehead atoms. The molecular weight excluding hydrogens is 330 g/mol. The highest BCUT2D eigenvalue weighted by Crippen LogP contribution is 2.33. The monoisotopic (exact) mass is 345 g/mol. The molecule has 108 valence electrons. The van der Waals surface area contributed by atoms with Gasteiger partial charge < -0.3 is 16.0 Å². The molecule has 1 aliphatic heterocycles. The highest BCUT2D eigenvalue weighted by Gasteiger charge is 2.20. The lowest BCUT2D eigenvalue weighted by atomic mass is 10.1. The van der Waals surface area contributed by atoms with Crippen molar-refractivity contribution in [3.8, 4) is 0 Å². The van der Waals surface area contributed by atoms with Gasteiger partial charge in [0.2, 0.25) is 0 Å². The Kier molecular flexibility index (Phi) is 3.94.